The van der Waals surface area contributed by atoms with Crippen LogP contribution < -0.4 is 10.6 Å². The molecule has 1 aromatic rings. The molecule has 1 unspecified atom stereocenters. The molecule has 0 spiro atoms. The first-order valence-corrected chi connectivity index (χ1v) is 6.07. The van der Waals surface area contributed by atoms with E-state index in [0.717, 1.165) is 18.8 Å². The Morgan fingerprint density at radius 2 is 2.64 bits per heavy atom. The van der Waals surface area contributed by atoms with Crippen molar-refractivity contribution >= 4 is 11.3 Å². The van der Waals surface area contributed by atoms with Gasteiger partial charge in [0.1, 0.15) is 5.01 Å². The SMILES string of the molecule is Cc1csc(CNC2CCCNC2)n1. The van der Waals surface area contributed by atoms with Gasteiger partial charge < -0.3 is 10.6 Å². The highest BCUT2D eigenvalue weighted by Crippen LogP contribution is 2.09. The molecule has 2 rings (SSSR count). The minimum atomic E-state index is 0.632. The number of thiazole rings is 1. The first-order valence-electron chi connectivity index (χ1n) is 5.20. The van der Waals surface area contributed by atoms with Crippen LogP contribution in [0.25, 0.3) is 0 Å². The van der Waals surface area contributed by atoms with Crippen LogP contribution in [0, 0.1) is 6.92 Å². The van der Waals surface area contributed by atoms with Crippen molar-refractivity contribution < 1.29 is 0 Å². The summed E-state index contributed by atoms with van der Waals surface area (Å²) in [5, 5.41) is 10.2. The van der Waals surface area contributed by atoms with E-state index < -0.39 is 0 Å². The van der Waals surface area contributed by atoms with Crippen LogP contribution in [0.5, 0.6) is 0 Å². The van der Waals surface area contributed by atoms with E-state index in [1.165, 1.54) is 24.4 Å². The van der Waals surface area contributed by atoms with Gasteiger partial charge in [0, 0.05) is 30.2 Å². The highest BCUT2D eigenvalue weighted by molar-refractivity contribution is 7.09. The molecular formula is C10H17N3S. The smallest absolute Gasteiger partial charge is 0.107 e. The molecule has 1 saturated heterocycles. The Hall–Kier alpha value is -0.450. The number of aromatic nitrogens is 1. The molecular weight excluding hydrogens is 194 g/mol. The molecule has 4 heteroatoms. The van der Waals surface area contributed by atoms with Crippen LogP contribution in [0.1, 0.15) is 23.5 Å². The highest BCUT2D eigenvalue weighted by atomic mass is 32.1. The molecule has 2 heterocycles. The fourth-order valence-electron chi connectivity index (χ4n) is 1.74. The lowest BCUT2D eigenvalue weighted by Gasteiger charge is -2.23. The molecule has 1 fully saturated rings. The zero-order chi connectivity index (χ0) is 9.80. The van der Waals surface area contributed by atoms with Crippen LogP contribution in [0.15, 0.2) is 5.38 Å². The van der Waals surface area contributed by atoms with Gasteiger partial charge in [0.15, 0.2) is 0 Å². The van der Waals surface area contributed by atoms with Gasteiger partial charge in [0.05, 0.1) is 0 Å². The number of nitrogens with zero attached hydrogens (tertiary/aromatic N) is 1. The van der Waals surface area contributed by atoms with Crippen molar-refractivity contribution in [3.63, 3.8) is 0 Å². The summed E-state index contributed by atoms with van der Waals surface area (Å²) in [6, 6.07) is 0.632. The lowest BCUT2D eigenvalue weighted by molar-refractivity contribution is 0.389. The summed E-state index contributed by atoms with van der Waals surface area (Å²) in [5.74, 6) is 0. The van der Waals surface area contributed by atoms with Crippen LogP contribution in [0.2, 0.25) is 0 Å². The lowest BCUT2D eigenvalue weighted by Crippen LogP contribution is -2.42. The van der Waals surface area contributed by atoms with Gasteiger partial charge in [0.25, 0.3) is 0 Å². The molecule has 78 valence electrons. The molecule has 0 aromatic carbocycles. The summed E-state index contributed by atoms with van der Waals surface area (Å²) >= 11 is 1.74. The van der Waals surface area contributed by atoms with E-state index in [0.29, 0.717) is 6.04 Å². The first kappa shape index (κ1) is 10.1. The molecule has 1 aromatic heterocycles. The summed E-state index contributed by atoms with van der Waals surface area (Å²) in [6.07, 6.45) is 2.58. The van der Waals surface area contributed by atoms with Gasteiger partial charge in [-0.05, 0) is 26.3 Å². The summed E-state index contributed by atoms with van der Waals surface area (Å²) < 4.78 is 0. The van der Waals surface area contributed by atoms with Gasteiger partial charge in [-0.15, -0.1) is 11.3 Å². The van der Waals surface area contributed by atoms with E-state index in [-0.39, 0.29) is 0 Å². The second-order valence-corrected chi connectivity index (χ2v) is 4.75. The number of piperidine rings is 1. The second kappa shape index (κ2) is 4.87. The predicted molar refractivity (Wildman–Crippen MR) is 59.6 cm³/mol. The number of rotatable bonds is 3. The molecule has 0 bridgehead atoms. The van der Waals surface area contributed by atoms with E-state index in [2.05, 4.69) is 21.0 Å². The van der Waals surface area contributed by atoms with Crippen molar-refractivity contribution in [2.45, 2.75) is 32.4 Å². The van der Waals surface area contributed by atoms with E-state index in [4.69, 9.17) is 0 Å². The number of hydrogen-bond donors (Lipinski definition) is 2. The fourth-order valence-corrected chi connectivity index (χ4v) is 2.46. The lowest BCUT2D eigenvalue weighted by atomic mass is 10.1. The van der Waals surface area contributed by atoms with Gasteiger partial charge in [-0.25, -0.2) is 4.98 Å². The summed E-state index contributed by atoms with van der Waals surface area (Å²) in [7, 11) is 0. The van der Waals surface area contributed by atoms with Gasteiger partial charge in [-0.3, -0.25) is 0 Å². The number of aryl methyl sites for hydroxylation is 1. The first-order chi connectivity index (χ1) is 6.84. The van der Waals surface area contributed by atoms with E-state index in [9.17, 15) is 0 Å². The molecule has 0 saturated carbocycles. The van der Waals surface area contributed by atoms with Crippen molar-refractivity contribution in [1.29, 1.82) is 0 Å². The van der Waals surface area contributed by atoms with Crippen LogP contribution in [0.4, 0.5) is 0 Å². The average molecular weight is 211 g/mol. The third-order valence-electron chi connectivity index (χ3n) is 2.51. The van der Waals surface area contributed by atoms with Crippen LogP contribution in [-0.2, 0) is 6.54 Å². The summed E-state index contributed by atoms with van der Waals surface area (Å²) in [4.78, 5) is 4.43. The maximum atomic E-state index is 4.43. The Balaban J connectivity index is 1.76. The molecule has 1 aliphatic rings. The minimum absolute atomic E-state index is 0.632. The Bertz CT molecular complexity index is 279. The van der Waals surface area contributed by atoms with Gasteiger partial charge in [0.2, 0.25) is 0 Å². The van der Waals surface area contributed by atoms with Crippen LogP contribution in [-0.4, -0.2) is 24.1 Å². The van der Waals surface area contributed by atoms with Crippen molar-refractivity contribution in [3.8, 4) is 0 Å². The minimum Gasteiger partial charge on any atom is -0.315 e. The van der Waals surface area contributed by atoms with Gasteiger partial charge in [-0.1, -0.05) is 0 Å². The van der Waals surface area contributed by atoms with E-state index in [1.807, 2.05) is 6.92 Å². The van der Waals surface area contributed by atoms with Crippen molar-refractivity contribution in [2.75, 3.05) is 13.1 Å². The normalized spacial score (nSPS) is 22.5. The van der Waals surface area contributed by atoms with E-state index >= 15 is 0 Å². The predicted octanol–water partition coefficient (Wildman–Crippen LogP) is 1.29. The third-order valence-corrected chi connectivity index (χ3v) is 3.47. The monoisotopic (exact) mass is 211 g/mol. The van der Waals surface area contributed by atoms with Gasteiger partial charge in [-0.2, -0.15) is 0 Å². The Labute approximate surface area is 88.9 Å². The summed E-state index contributed by atoms with van der Waals surface area (Å²) in [5.41, 5.74) is 1.13. The highest BCUT2D eigenvalue weighted by Gasteiger charge is 2.12. The molecule has 1 aliphatic heterocycles. The quantitative estimate of drug-likeness (QED) is 0.791. The zero-order valence-electron chi connectivity index (χ0n) is 8.55. The zero-order valence-corrected chi connectivity index (χ0v) is 9.36. The van der Waals surface area contributed by atoms with Crippen LogP contribution in [0.3, 0.4) is 0 Å². The molecule has 0 amide bonds. The molecule has 14 heavy (non-hydrogen) atoms. The average Bonchev–Trinajstić information content (AvgIpc) is 2.63. The molecule has 0 radical (unpaired) electrons. The molecule has 0 aliphatic carbocycles. The molecule has 1 atom stereocenters. The number of nitrogens with one attached hydrogen (secondary N) is 2. The van der Waals surface area contributed by atoms with Crippen molar-refractivity contribution in [1.82, 2.24) is 15.6 Å². The largest absolute Gasteiger partial charge is 0.315 e. The topological polar surface area (TPSA) is 37.0 Å². The Morgan fingerprint density at radius 3 is 3.29 bits per heavy atom. The van der Waals surface area contributed by atoms with E-state index in [1.54, 1.807) is 11.3 Å². The summed E-state index contributed by atoms with van der Waals surface area (Å²) in [6.45, 7) is 5.24. The fraction of sp³-hybridized carbons (Fsp3) is 0.700. The maximum absolute atomic E-state index is 4.43. The number of hydrogen-bond acceptors (Lipinski definition) is 4. The van der Waals surface area contributed by atoms with Crippen molar-refractivity contribution in [3.05, 3.63) is 16.1 Å². The Kier molecular flexibility index (Phi) is 3.50. The molecule has 2 N–H and O–H groups in total. The van der Waals surface area contributed by atoms with Crippen molar-refractivity contribution in [2.24, 2.45) is 0 Å². The maximum Gasteiger partial charge on any atom is 0.107 e. The standard InChI is InChI=1S/C10H17N3S/c1-8-7-14-10(13-8)6-12-9-3-2-4-11-5-9/h7,9,11-12H,2-6H2,1H3. The van der Waals surface area contributed by atoms with Gasteiger partial charge >= 0.3 is 0 Å². The Morgan fingerprint density at radius 1 is 1.71 bits per heavy atom. The third kappa shape index (κ3) is 2.77. The second-order valence-electron chi connectivity index (χ2n) is 3.81. The van der Waals surface area contributed by atoms with Crippen LogP contribution >= 0.6 is 11.3 Å². The molecule has 3 nitrogen and oxygen atoms in total.